The van der Waals surface area contributed by atoms with Crippen molar-refractivity contribution in [3.8, 4) is 0 Å². The third-order valence-electron chi connectivity index (χ3n) is 2.42. The Morgan fingerprint density at radius 1 is 1.56 bits per heavy atom. The SMILES string of the molecule is CCc1nc(NC(=O)c2ncccc2Br)sc1C. The van der Waals surface area contributed by atoms with E-state index in [1.807, 2.05) is 13.8 Å². The number of nitrogens with one attached hydrogen (secondary N) is 1. The number of amides is 1. The van der Waals surface area contributed by atoms with E-state index >= 15 is 0 Å². The summed E-state index contributed by atoms with van der Waals surface area (Å²) in [6.07, 6.45) is 2.45. The first-order valence-corrected chi connectivity index (χ1v) is 7.11. The second kappa shape index (κ2) is 5.58. The summed E-state index contributed by atoms with van der Waals surface area (Å²) in [7, 11) is 0. The lowest BCUT2D eigenvalue weighted by atomic mass is 10.3. The van der Waals surface area contributed by atoms with Gasteiger partial charge in [0.1, 0.15) is 5.69 Å². The normalized spacial score (nSPS) is 10.4. The number of nitrogens with zero attached hydrogens (tertiary/aromatic N) is 2. The zero-order valence-corrected chi connectivity index (χ0v) is 12.4. The highest BCUT2D eigenvalue weighted by Gasteiger charge is 2.14. The fraction of sp³-hybridized carbons (Fsp3) is 0.250. The highest BCUT2D eigenvalue weighted by atomic mass is 79.9. The molecule has 0 unspecified atom stereocenters. The molecular formula is C12H12BrN3OS. The van der Waals surface area contributed by atoms with Gasteiger partial charge in [-0.3, -0.25) is 10.1 Å². The van der Waals surface area contributed by atoms with E-state index in [-0.39, 0.29) is 5.91 Å². The first kappa shape index (κ1) is 13.2. The van der Waals surface area contributed by atoms with Gasteiger partial charge in [0.05, 0.1) is 5.69 Å². The van der Waals surface area contributed by atoms with Gasteiger partial charge in [-0.15, -0.1) is 11.3 Å². The number of halogens is 1. The molecule has 6 heteroatoms. The summed E-state index contributed by atoms with van der Waals surface area (Å²) in [5.41, 5.74) is 1.39. The van der Waals surface area contributed by atoms with Gasteiger partial charge in [0.25, 0.3) is 5.91 Å². The molecule has 94 valence electrons. The van der Waals surface area contributed by atoms with Crippen molar-refractivity contribution in [3.05, 3.63) is 39.1 Å². The maximum Gasteiger partial charge on any atom is 0.277 e. The Hall–Kier alpha value is -1.27. The van der Waals surface area contributed by atoms with E-state index in [0.29, 0.717) is 15.3 Å². The van der Waals surface area contributed by atoms with Gasteiger partial charge in [0.15, 0.2) is 5.13 Å². The number of aromatic nitrogens is 2. The van der Waals surface area contributed by atoms with Crippen LogP contribution in [0.5, 0.6) is 0 Å². The molecular weight excluding hydrogens is 314 g/mol. The Balaban J connectivity index is 2.19. The Morgan fingerprint density at radius 3 is 2.94 bits per heavy atom. The highest BCUT2D eigenvalue weighted by molar-refractivity contribution is 9.10. The van der Waals surface area contributed by atoms with Crippen molar-refractivity contribution < 1.29 is 4.79 Å². The molecule has 0 aliphatic rings. The number of thiazole rings is 1. The molecule has 2 aromatic rings. The van der Waals surface area contributed by atoms with Crippen LogP contribution in [-0.2, 0) is 6.42 Å². The van der Waals surface area contributed by atoms with Gasteiger partial charge in [-0.05, 0) is 41.4 Å². The molecule has 0 atom stereocenters. The van der Waals surface area contributed by atoms with E-state index in [1.54, 1.807) is 18.3 Å². The van der Waals surface area contributed by atoms with Crippen molar-refractivity contribution >= 4 is 38.3 Å². The monoisotopic (exact) mass is 325 g/mol. The molecule has 4 nitrogen and oxygen atoms in total. The summed E-state index contributed by atoms with van der Waals surface area (Å²) in [5, 5.41) is 3.39. The maximum absolute atomic E-state index is 12.0. The predicted molar refractivity (Wildman–Crippen MR) is 76.1 cm³/mol. The van der Waals surface area contributed by atoms with E-state index in [9.17, 15) is 4.79 Å². The molecule has 0 saturated heterocycles. The average molecular weight is 326 g/mol. The summed E-state index contributed by atoms with van der Waals surface area (Å²) in [6, 6.07) is 3.55. The molecule has 0 aromatic carbocycles. The fourth-order valence-electron chi connectivity index (χ4n) is 1.52. The zero-order valence-electron chi connectivity index (χ0n) is 10.0. The van der Waals surface area contributed by atoms with Crippen molar-refractivity contribution in [2.24, 2.45) is 0 Å². The van der Waals surface area contributed by atoms with Crippen LogP contribution in [-0.4, -0.2) is 15.9 Å². The quantitative estimate of drug-likeness (QED) is 0.940. The fourth-order valence-corrected chi connectivity index (χ4v) is 2.85. The second-order valence-electron chi connectivity index (χ2n) is 3.66. The van der Waals surface area contributed by atoms with E-state index in [0.717, 1.165) is 17.0 Å². The number of rotatable bonds is 3. The van der Waals surface area contributed by atoms with Crippen LogP contribution in [0.15, 0.2) is 22.8 Å². The number of carbonyl (C=O) groups is 1. The minimum absolute atomic E-state index is 0.251. The van der Waals surface area contributed by atoms with Crippen molar-refractivity contribution in [1.82, 2.24) is 9.97 Å². The van der Waals surface area contributed by atoms with E-state index in [4.69, 9.17) is 0 Å². The van der Waals surface area contributed by atoms with Gasteiger partial charge in [-0.2, -0.15) is 0 Å². The lowest BCUT2D eigenvalue weighted by Gasteiger charge is -2.02. The molecule has 1 amide bonds. The Kier molecular flexibility index (Phi) is 4.08. The molecule has 0 saturated carbocycles. The Labute approximate surface area is 118 Å². The molecule has 2 aromatic heterocycles. The smallest absolute Gasteiger partial charge is 0.277 e. The van der Waals surface area contributed by atoms with Crippen LogP contribution in [0.2, 0.25) is 0 Å². The highest BCUT2D eigenvalue weighted by Crippen LogP contribution is 2.23. The first-order chi connectivity index (χ1) is 8.61. The summed E-state index contributed by atoms with van der Waals surface area (Å²) in [5.74, 6) is -0.251. The van der Waals surface area contributed by atoms with Gasteiger partial charge in [0, 0.05) is 15.5 Å². The number of aryl methyl sites for hydroxylation is 2. The van der Waals surface area contributed by atoms with E-state index < -0.39 is 0 Å². The largest absolute Gasteiger partial charge is 0.296 e. The van der Waals surface area contributed by atoms with Gasteiger partial charge >= 0.3 is 0 Å². The van der Waals surface area contributed by atoms with Gasteiger partial charge < -0.3 is 0 Å². The lowest BCUT2D eigenvalue weighted by Crippen LogP contribution is -2.14. The second-order valence-corrected chi connectivity index (χ2v) is 5.72. The van der Waals surface area contributed by atoms with Crippen molar-refractivity contribution in [2.75, 3.05) is 5.32 Å². The topological polar surface area (TPSA) is 54.9 Å². The number of anilines is 1. The van der Waals surface area contributed by atoms with Crippen molar-refractivity contribution in [1.29, 1.82) is 0 Å². The maximum atomic E-state index is 12.0. The number of carbonyl (C=O) groups excluding carboxylic acids is 1. The number of hydrogen-bond donors (Lipinski definition) is 1. The van der Waals surface area contributed by atoms with Crippen LogP contribution >= 0.6 is 27.3 Å². The summed E-state index contributed by atoms with van der Waals surface area (Å²) < 4.78 is 0.673. The van der Waals surface area contributed by atoms with Crippen LogP contribution in [0.25, 0.3) is 0 Å². The van der Waals surface area contributed by atoms with Crippen LogP contribution in [0, 0.1) is 6.92 Å². The number of pyridine rings is 1. The van der Waals surface area contributed by atoms with Crippen molar-refractivity contribution in [3.63, 3.8) is 0 Å². The van der Waals surface area contributed by atoms with Crippen molar-refractivity contribution in [2.45, 2.75) is 20.3 Å². The Bertz CT molecular complexity index is 582. The molecule has 0 radical (unpaired) electrons. The molecule has 2 heterocycles. The summed E-state index contributed by atoms with van der Waals surface area (Å²) in [4.78, 5) is 21.5. The standard InChI is InChI=1S/C12H12BrN3OS/c1-3-9-7(2)18-12(15-9)16-11(17)10-8(13)5-4-6-14-10/h4-6H,3H2,1-2H3,(H,15,16,17). The molecule has 18 heavy (non-hydrogen) atoms. The molecule has 0 spiro atoms. The molecule has 0 fully saturated rings. The minimum atomic E-state index is -0.251. The molecule has 0 aliphatic carbocycles. The average Bonchev–Trinajstić information content (AvgIpc) is 2.69. The lowest BCUT2D eigenvalue weighted by molar-refractivity contribution is 0.102. The van der Waals surface area contributed by atoms with Crippen LogP contribution < -0.4 is 5.32 Å². The van der Waals surface area contributed by atoms with E-state index in [2.05, 4.69) is 31.2 Å². The van der Waals surface area contributed by atoms with Crippen LogP contribution in [0.3, 0.4) is 0 Å². The van der Waals surface area contributed by atoms with Crippen LogP contribution in [0.4, 0.5) is 5.13 Å². The third kappa shape index (κ3) is 2.76. The summed E-state index contributed by atoms with van der Waals surface area (Å²) in [6.45, 7) is 4.05. The Morgan fingerprint density at radius 2 is 2.33 bits per heavy atom. The third-order valence-corrected chi connectivity index (χ3v) is 3.99. The first-order valence-electron chi connectivity index (χ1n) is 5.50. The van der Waals surface area contributed by atoms with Gasteiger partial charge in [-0.25, -0.2) is 9.97 Å². The summed E-state index contributed by atoms with van der Waals surface area (Å²) >= 11 is 4.78. The van der Waals surface area contributed by atoms with Gasteiger partial charge in [-0.1, -0.05) is 6.92 Å². The van der Waals surface area contributed by atoms with E-state index in [1.165, 1.54) is 11.3 Å². The minimum Gasteiger partial charge on any atom is -0.296 e. The molecule has 2 rings (SSSR count). The number of hydrogen-bond acceptors (Lipinski definition) is 4. The molecule has 0 bridgehead atoms. The van der Waals surface area contributed by atoms with Gasteiger partial charge in [0.2, 0.25) is 0 Å². The van der Waals surface area contributed by atoms with Crippen LogP contribution in [0.1, 0.15) is 28.0 Å². The molecule has 0 aliphatic heterocycles. The predicted octanol–water partition coefficient (Wildman–Crippen LogP) is 3.42. The molecule has 1 N–H and O–H groups in total. The zero-order chi connectivity index (χ0) is 13.1.